The average molecular weight is 391 g/mol. The first-order chi connectivity index (χ1) is 14.1. The first kappa shape index (κ1) is 18.4. The molecule has 1 fully saturated rings. The van der Waals surface area contributed by atoms with Gasteiger partial charge in [0.1, 0.15) is 5.82 Å². The Morgan fingerprint density at radius 3 is 2.59 bits per heavy atom. The van der Waals surface area contributed by atoms with Crippen molar-refractivity contribution in [2.75, 3.05) is 33.2 Å². The van der Waals surface area contributed by atoms with Crippen molar-refractivity contribution in [1.82, 2.24) is 19.8 Å². The zero-order valence-electron chi connectivity index (χ0n) is 17.1. The summed E-state index contributed by atoms with van der Waals surface area (Å²) in [5.74, 6) is -0.214. The molecule has 4 nitrogen and oxygen atoms in total. The Balaban J connectivity index is 1.52. The predicted molar refractivity (Wildman–Crippen MR) is 118 cm³/mol. The maximum absolute atomic E-state index is 13.5. The zero-order valence-corrected chi connectivity index (χ0v) is 17.1. The molecule has 0 spiro atoms. The average Bonchev–Trinajstić information content (AvgIpc) is 3.29. The maximum Gasteiger partial charge on any atom is 0.125 e. The molecule has 1 saturated heterocycles. The van der Waals surface area contributed by atoms with Crippen LogP contribution in [0, 0.1) is 5.82 Å². The van der Waals surface area contributed by atoms with Gasteiger partial charge in [0.15, 0.2) is 0 Å². The molecule has 29 heavy (non-hydrogen) atoms. The third kappa shape index (κ3) is 3.34. The fourth-order valence-corrected chi connectivity index (χ4v) is 4.58. The van der Waals surface area contributed by atoms with E-state index < -0.39 is 0 Å². The number of piperazine rings is 1. The van der Waals surface area contributed by atoms with Crippen molar-refractivity contribution < 1.29 is 4.39 Å². The summed E-state index contributed by atoms with van der Waals surface area (Å²) in [7, 11) is 2.19. The van der Waals surface area contributed by atoms with Crippen molar-refractivity contribution >= 4 is 21.8 Å². The van der Waals surface area contributed by atoms with Crippen molar-refractivity contribution in [3.05, 3.63) is 59.7 Å². The Hall–Kier alpha value is -2.63. The summed E-state index contributed by atoms with van der Waals surface area (Å²) in [5.41, 5.74) is 7.05. The SMILES string of the molecule is CCc1c(CN2CCN(C)CC2)[nH]c2ccc(-c3c[nH]c4cc(F)ccc34)cc12. The first-order valence-electron chi connectivity index (χ1n) is 10.4. The molecule has 0 radical (unpaired) electrons. The Bertz CT molecular complexity index is 1160. The molecule has 4 aromatic rings. The number of hydrogen-bond acceptors (Lipinski definition) is 2. The third-order valence-electron chi connectivity index (χ3n) is 6.28. The predicted octanol–water partition coefficient (Wildman–Crippen LogP) is 4.77. The van der Waals surface area contributed by atoms with Crippen LogP contribution in [0.1, 0.15) is 18.2 Å². The van der Waals surface area contributed by atoms with Gasteiger partial charge in [-0.2, -0.15) is 0 Å². The molecule has 2 N–H and O–H groups in total. The van der Waals surface area contributed by atoms with Crippen LogP contribution in [0.3, 0.4) is 0 Å². The number of nitrogens with one attached hydrogen (secondary N) is 2. The second-order valence-corrected chi connectivity index (χ2v) is 8.17. The molecular weight excluding hydrogens is 363 g/mol. The van der Waals surface area contributed by atoms with E-state index in [2.05, 4.69) is 51.9 Å². The molecule has 2 aromatic carbocycles. The summed E-state index contributed by atoms with van der Waals surface area (Å²) in [4.78, 5) is 11.8. The molecule has 5 heteroatoms. The summed E-state index contributed by atoms with van der Waals surface area (Å²) in [6.07, 6.45) is 2.99. The lowest BCUT2D eigenvalue weighted by atomic mass is 10.0. The van der Waals surface area contributed by atoms with Crippen LogP contribution in [0.5, 0.6) is 0 Å². The van der Waals surface area contributed by atoms with Crippen molar-refractivity contribution in [3.8, 4) is 11.1 Å². The molecule has 1 aliphatic rings. The molecule has 0 aliphatic carbocycles. The lowest BCUT2D eigenvalue weighted by Crippen LogP contribution is -2.44. The molecule has 1 aliphatic heterocycles. The minimum absolute atomic E-state index is 0.214. The highest BCUT2D eigenvalue weighted by molar-refractivity contribution is 5.98. The maximum atomic E-state index is 13.5. The van der Waals surface area contributed by atoms with Crippen molar-refractivity contribution in [2.24, 2.45) is 0 Å². The monoisotopic (exact) mass is 390 g/mol. The number of likely N-dealkylation sites (N-methyl/N-ethyl adjacent to an activating group) is 1. The summed E-state index contributed by atoms with van der Waals surface area (Å²) >= 11 is 0. The molecule has 0 saturated carbocycles. The van der Waals surface area contributed by atoms with E-state index >= 15 is 0 Å². The van der Waals surface area contributed by atoms with Crippen molar-refractivity contribution in [1.29, 1.82) is 0 Å². The fraction of sp³-hybridized carbons (Fsp3) is 0.333. The normalized spacial score (nSPS) is 16.2. The van der Waals surface area contributed by atoms with Crippen LogP contribution in [-0.2, 0) is 13.0 Å². The van der Waals surface area contributed by atoms with Gasteiger partial charge in [-0.3, -0.25) is 4.90 Å². The van der Waals surface area contributed by atoms with Crippen LogP contribution in [0.4, 0.5) is 4.39 Å². The number of nitrogens with zero attached hydrogens (tertiary/aromatic N) is 2. The van der Waals surface area contributed by atoms with Crippen LogP contribution in [0.15, 0.2) is 42.6 Å². The van der Waals surface area contributed by atoms with E-state index in [9.17, 15) is 4.39 Å². The lowest BCUT2D eigenvalue weighted by Gasteiger charge is -2.32. The molecule has 150 valence electrons. The Morgan fingerprint density at radius 2 is 1.79 bits per heavy atom. The number of halogens is 1. The van der Waals surface area contributed by atoms with Crippen molar-refractivity contribution in [3.63, 3.8) is 0 Å². The number of fused-ring (bicyclic) bond motifs is 2. The molecule has 0 atom stereocenters. The minimum atomic E-state index is -0.214. The molecule has 2 aromatic heterocycles. The summed E-state index contributed by atoms with van der Waals surface area (Å²) in [5, 5.41) is 2.35. The first-order valence-corrected chi connectivity index (χ1v) is 10.4. The Labute approximate surface area is 170 Å². The van der Waals surface area contributed by atoms with Crippen LogP contribution >= 0.6 is 0 Å². The molecule has 0 unspecified atom stereocenters. The zero-order chi connectivity index (χ0) is 20.0. The van der Waals surface area contributed by atoms with Gasteiger partial charge in [-0.25, -0.2) is 4.39 Å². The number of benzene rings is 2. The highest BCUT2D eigenvalue weighted by Gasteiger charge is 2.18. The summed E-state index contributed by atoms with van der Waals surface area (Å²) < 4.78 is 13.5. The van der Waals surface area contributed by atoms with Crippen LogP contribution in [-0.4, -0.2) is 53.0 Å². The number of hydrogen-bond donors (Lipinski definition) is 2. The fourth-order valence-electron chi connectivity index (χ4n) is 4.58. The molecular formula is C24H27FN4. The van der Waals surface area contributed by atoms with E-state index in [0.29, 0.717) is 0 Å². The number of H-pyrrole nitrogens is 2. The molecule has 3 heterocycles. The lowest BCUT2D eigenvalue weighted by molar-refractivity contribution is 0.147. The number of rotatable bonds is 4. The topological polar surface area (TPSA) is 38.1 Å². The highest BCUT2D eigenvalue weighted by Crippen LogP contribution is 2.33. The van der Waals surface area contributed by atoms with Gasteiger partial charge in [-0.15, -0.1) is 0 Å². The van der Waals surface area contributed by atoms with E-state index in [1.165, 1.54) is 28.2 Å². The minimum Gasteiger partial charge on any atom is -0.360 e. The number of aryl methyl sites for hydroxylation is 1. The van der Waals surface area contributed by atoms with Crippen molar-refractivity contribution in [2.45, 2.75) is 19.9 Å². The third-order valence-corrected chi connectivity index (χ3v) is 6.28. The van der Waals surface area contributed by atoms with Gasteiger partial charge >= 0.3 is 0 Å². The highest BCUT2D eigenvalue weighted by atomic mass is 19.1. The van der Waals surface area contributed by atoms with E-state index in [4.69, 9.17) is 0 Å². The van der Waals surface area contributed by atoms with Gasteiger partial charge in [-0.05, 0) is 54.9 Å². The molecule has 0 amide bonds. The van der Waals surface area contributed by atoms with E-state index in [1.54, 1.807) is 6.07 Å². The van der Waals surface area contributed by atoms with Gasteiger partial charge < -0.3 is 14.9 Å². The van der Waals surface area contributed by atoms with Crippen LogP contribution < -0.4 is 0 Å². The van der Waals surface area contributed by atoms with Crippen LogP contribution in [0.2, 0.25) is 0 Å². The van der Waals surface area contributed by atoms with Gasteiger partial charge in [0, 0.05) is 72.0 Å². The second-order valence-electron chi connectivity index (χ2n) is 8.17. The van der Waals surface area contributed by atoms with Gasteiger partial charge in [0.2, 0.25) is 0 Å². The van der Waals surface area contributed by atoms with E-state index in [0.717, 1.165) is 61.2 Å². The molecule has 5 rings (SSSR count). The van der Waals surface area contributed by atoms with Gasteiger partial charge in [0.05, 0.1) is 0 Å². The summed E-state index contributed by atoms with van der Waals surface area (Å²) in [6.45, 7) is 7.71. The molecule has 0 bridgehead atoms. The smallest absolute Gasteiger partial charge is 0.125 e. The number of aromatic nitrogens is 2. The Kier molecular flexibility index (Phi) is 4.64. The summed E-state index contributed by atoms with van der Waals surface area (Å²) in [6, 6.07) is 11.6. The largest absolute Gasteiger partial charge is 0.360 e. The van der Waals surface area contributed by atoms with Gasteiger partial charge in [0.25, 0.3) is 0 Å². The van der Waals surface area contributed by atoms with E-state index in [-0.39, 0.29) is 5.82 Å². The van der Waals surface area contributed by atoms with Crippen LogP contribution in [0.25, 0.3) is 32.9 Å². The quantitative estimate of drug-likeness (QED) is 0.527. The van der Waals surface area contributed by atoms with E-state index in [1.807, 2.05) is 12.3 Å². The number of aromatic amines is 2. The standard InChI is InChI=1S/C24H27FN4/c1-3-18-20-12-16(21-14-26-23-13-17(25)5-6-19(21)23)4-7-22(20)27-24(18)15-29-10-8-28(2)9-11-29/h4-7,12-14,26-27H,3,8-11,15H2,1-2H3. The van der Waals surface area contributed by atoms with Gasteiger partial charge in [-0.1, -0.05) is 13.0 Å². The second kappa shape index (κ2) is 7.32. The Morgan fingerprint density at radius 1 is 0.966 bits per heavy atom.